The summed E-state index contributed by atoms with van der Waals surface area (Å²) < 4.78 is 39.6. The third-order valence-electron chi connectivity index (χ3n) is 4.89. The molecule has 8 heteroatoms. The summed E-state index contributed by atoms with van der Waals surface area (Å²) in [7, 11) is 1.98. The summed E-state index contributed by atoms with van der Waals surface area (Å²) in [6, 6.07) is 9.82. The van der Waals surface area contributed by atoms with E-state index in [9.17, 15) is 23.1 Å². The largest absolute Gasteiger partial charge is 0.465 e. The van der Waals surface area contributed by atoms with E-state index < -0.39 is 17.8 Å². The molecule has 2 aromatic carbocycles. The lowest BCUT2D eigenvalue weighted by Crippen LogP contribution is -2.35. The van der Waals surface area contributed by atoms with Crippen LogP contribution >= 0.6 is 11.6 Å². The van der Waals surface area contributed by atoms with Crippen molar-refractivity contribution >= 4 is 23.4 Å². The van der Waals surface area contributed by atoms with Gasteiger partial charge < -0.3 is 10.0 Å². The van der Waals surface area contributed by atoms with Gasteiger partial charge in [0.25, 0.3) is 0 Å². The maximum atomic E-state index is 13.2. The summed E-state index contributed by atoms with van der Waals surface area (Å²) in [5, 5.41) is 9.71. The first-order chi connectivity index (χ1) is 13.1. The quantitative estimate of drug-likeness (QED) is 0.725. The maximum absolute atomic E-state index is 13.2. The van der Waals surface area contributed by atoms with Gasteiger partial charge >= 0.3 is 12.3 Å². The first-order valence-electron chi connectivity index (χ1n) is 8.81. The number of amides is 1. The van der Waals surface area contributed by atoms with Crippen molar-refractivity contribution in [2.45, 2.75) is 12.6 Å². The molecule has 2 aromatic rings. The van der Waals surface area contributed by atoms with Crippen LogP contribution in [0.5, 0.6) is 0 Å². The highest BCUT2D eigenvalue weighted by Gasteiger charge is 2.32. The van der Waals surface area contributed by atoms with Gasteiger partial charge in [-0.15, -0.1) is 0 Å². The van der Waals surface area contributed by atoms with Crippen LogP contribution in [-0.4, -0.2) is 42.8 Å². The zero-order valence-corrected chi connectivity index (χ0v) is 16.0. The molecule has 1 N–H and O–H groups in total. The van der Waals surface area contributed by atoms with Gasteiger partial charge in [-0.25, -0.2) is 4.79 Å². The third kappa shape index (κ3) is 4.59. The highest BCUT2D eigenvalue weighted by atomic mass is 35.5. The molecule has 28 heavy (non-hydrogen) atoms. The summed E-state index contributed by atoms with van der Waals surface area (Å²) in [6.45, 7) is 1.95. The van der Waals surface area contributed by atoms with Crippen molar-refractivity contribution in [2.75, 3.05) is 31.6 Å². The van der Waals surface area contributed by atoms with E-state index in [1.165, 1.54) is 11.0 Å². The molecule has 1 heterocycles. The van der Waals surface area contributed by atoms with Crippen LogP contribution in [0.3, 0.4) is 0 Å². The summed E-state index contributed by atoms with van der Waals surface area (Å²) in [5.74, 6) is 0.166. The Bertz CT molecular complexity index is 873. The minimum Gasteiger partial charge on any atom is -0.465 e. The van der Waals surface area contributed by atoms with Crippen molar-refractivity contribution in [2.24, 2.45) is 5.92 Å². The molecule has 1 fully saturated rings. The standard InChI is InChI=1S/C20H20ClF3N2O2/c1-25-7-6-13(11-25)12-26(19(27)28)18-5-3-2-4-17(18)14-8-15(20(22,23)24)10-16(21)9-14/h2-5,8-10,13H,6-7,11-12H2,1H3,(H,27,28). The lowest BCUT2D eigenvalue weighted by molar-refractivity contribution is -0.137. The topological polar surface area (TPSA) is 43.8 Å². The molecule has 1 aliphatic rings. The Morgan fingerprint density at radius 1 is 1.29 bits per heavy atom. The number of nitrogens with zero attached hydrogens (tertiary/aromatic N) is 2. The van der Waals surface area contributed by atoms with Crippen LogP contribution < -0.4 is 4.90 Å². The van der Waals surface area contributed by atoms with E-state index in [0.29, 0.717) is 11.3 Å². The predicted octanol–water partition coefficient (Wildman–Crippen LogP) is 5.46. The maximum Gasteiger partial charge on any atom is 0.416 e. The molecule has 0 radical (unpaired) electrons. The second-order valence-electron chi connectivity index (χ2n) is 7.05. The van der Waals surface area contributed by atoms with Crippen LogP contribution in [0, 0.1) is 5.92 Å². The Morgan fingerprint density at radius 3 is 2.61 bits per heavy atom. The third-order valence-corrected chi connectivity index (χ3v) is 5.11. The number of para-hydroxylation sites is 1. The molecule has 1 aliphatic heterocycles. The number of anilines is 1. The second kappa shape index (κ2) is 8.01. The van der Waals surface area contributed by atoms with E-state index in [0.717, 1.165) is 31.6 Å². The molecular weight excluding hydrogens is 393 g/mol. The number of carboxylic acid groups (broad SMARTS) is 1. The normalized spacial score (nSPS) is 17.7. The van der Waals surface area contributed by atoms with Gasteiger partial charge in [-0.3, -0.25) is 4.90 Å². The molecule has 0 bridgehead atoms. The monoisotopic (exact) mass is 412 g/mol. The highest BCUT2D eigenvalue weighted by Crippen LogP contribution is 2.38. The molecule has 0 spiro atoms. The smallest absolute Gasteiger partial charge is 0.416 e. The van der Waals surface area contributed by atoms with Crippen LogP contribution in [0.25, 0.3) is 11.1 Å². The van der Waals surface area contributed by atoms with Crippen molar-refractivity contribution in [3.05, 3.63) is 53.1 Å². The predicted molar refractivity (Wildman–Crippen MR) is 103 cm³/mol. The molecule has 1 atom stereocenters. The van der Waals surface area contributed by atoms with Gasteiger partial charge in [0, 0.05) is 23.7 Å². The van der Waals surface area contributed by atoms with Crippen molar-refractivity contribution in [3.63, 3.8) is 0 Å². The molecule has 1 saturated heterocycles. The van der Waals surface area contributed by atoms with E-state index in [1.54, 1.807) is 24.3 Å². The molecular formula is C20H20ClF3N2O2. The Balaban J connectivity index is 2.02. The van der Waals surface area contributed by atoms with E-state index in [2.05, 4.69) is 4.90 Å². The number of rotatable bonds is 4. The molecule has 150 valence electrons. The van der Waals surface area contributed by atoms with Crippen LogP contribution in [0.4, 0.5) is 23.7 Å². The van der Waals surface area contributed by atoms with Gasteiger partial charge in [0.05, 0.1) is 11.3 Å². The fourth-order valence-electron chi connectivity index (χ4n) is 3.57. The Kier molecular flexibility index (Phi) is 5.86. The molecule has 1 unspecified atom stereocenters. The highest BCUT2D eigenvalue weighted by molar-refractivity contribution is 6.31. The van der Waals surface area contributed by atoms with Gasteiger partial charge in [0.1, 0.15) is 0 Å². The van der Waals surface area contributed by atoms with E-state index in [-0.39, 0.29) is 23.0 Å². The minimum atomic E-state index is -4.55. The van der Waals surface area contributed by atoms with Crippen LogP contribution in [0.2, 0.25) is 5.02 Å². The summed E-state index contributed by atoms with van der Waals surface area (Å²) in [4.78, 5) is 15.3. The first-order valence-corrected chi connectivity index (χ1v) is 9.19. The molecule has 0 aliphatic carbocycles. The van der Waals surface area contributed by atoms with Crippen molar-refractivity contribution in [1.29, 1.82) is 0 Å². The fraction of sp³-hybridized carbons (Fsp3) is 0.350. The Labute approximate surface area is 166 Å². The zero-order valence-electron chi connectivity index (χ0n) is 15.2. The lowest BCUT2D eigenvalue weighted by atomic mass is 9.99. The van der Waals surface area contributed by atoms with E-state index in [1.807, 2.05) is 7.05 Å². The van der Waals surface area contributed by atoms with Crippen molar-refractivity contribution in [1.82, 2.24) is 4.90 Å². The summed E-state index contributed by atoms with van der Waals surface area (Å²) >= 11 is 5.92. The minimum absolute atomic E-state index is 0.0566. The van der Waals surface area contributed by atoms with E-state index in [4.69, 9.17) is 11.6 Å². The number of hydrogen-bond acceptors (Lipinski definition) is 2. The number of benzene rings is 2. The molecule has 0 aromatic heterocycles. The van der Waals surface area contributed by atoms with Gasteiger partial charge in [-0.2, -0.15) is 13.2 Å². The number of alkyl halides is 3. The number of hydrogen-bond donors (Lipinski definition) is 1. The number of likely N-dealkylation sites (tertiary alicyclic amines) is 1. The van der Waals surface area contributed by atoms with Crippen molar-refractivity contribution < 1.29 is 23.1 Å². The molecule has 0 saturated carbocycles. The average molecular weight is 413 g/mol. The van der Waals surface area contributed by atoms with Crippen LogP contribution in [-0.2, 0) is 6.18 Å². The number of halogens is 4. The Hall–Kier alpha value is -2.25. The Morgan fingerprint density at radius 2 is 2.00 bits per heavy atom. The summed E-state index contributed by atoms with van der Waals surface area (Å²) in [5.41, 5.74) is 0.0958. The van der Waals surface area contributed by atoms with Crippen LogP contribution in [0.15, 0.2) is 42.5 Å². The lowest BCUT2D eigenvalue weighted by Gasteiger charge is -2.25. The SMILES string of the molecule is CN1CCC(CN(C(=O)O)c2ccccc2-c2cc(Cl)cc(C(F)(F)F)c2)C1. The zero-order chi connectivity index (χ0) is 20.5. The van der Waals surface area contributed by atoms with E-state index >= 15 is 0 Å². The van der Waals surface area contributed by atoms with Crippen molar-refractivity contribution in [3.8, 4) is 11.1 Å². The van der Waals surface area contributed by atoms with Gasteiger partial charge in [0.2, 0.25) is 0 Å². The average Bonchev–Trinajstić information content (AvgIpc) is 3.03. The molecule has 1 amide bonds. The van der Waals surface area contributed by atoms with Gasteiger partial charge in [-0.1, -0.05) is 29.8 Å². The molecule has 4 nitrogen and oxygen atoms in total. The first kappa shape index (κ1) is 20.5. The summed E-state index contributed by atoms with van der Waals surface area (Å²) in [6.07, 6.45) is -4.81. The molecule has 3 rings (SSSR count). The second-order valence-corrected chi connectivity index (χ2v) is 7.49. The van der Waals surface area contributed by atoms with Gasteiger partial charge in [0.15, 0.2) is 0 Å². The van der Waals surface area contributed by atoms with Gasteiger partial charge in [-0.05, 0) is 55.8 Å². The fourth-order valence-corrected chi connectivity index (χ4v) is 3.81. The van der Waals surface area contributed by atoms with Crippen LogP contribution in [0.1, 0.15) is 12.0 Å². The number of carbonyl (C=O) groups is 1.